The minimum Gasteiger partial charge on any atom is -0.352 e. The van der Waals surface area contributed by atoms with Crippen LogP contribution >= 0.6 is 0 Å². The van der Waals surface area contributed by atoms with Crippen LogP contribution < -0.4 is 10.6 Å². The molecule has 2 N–H and O–H groups in total. The summed E-state index contributed by atoms with van der Waals surface area (Å²) in [5, 5.41) is 5.90. The second-order valence-electron chi connectivity index (χ2n) is 6.91. The Morgan fingerprint density at radius 3 is 2.56 bits per heavy atom. The lowest BCUT2D eigenvalue weighted by Crippen LogP contribution is -2.49. The van der Waals surface area contributed by atoms with Crippen molar-refractivity contribution >= 4 is 23.4 Å². The molecular weight excluding hydrogens is 318 g/mol. The second kappa shape index (κ2) is 7.68. The van der Waals surface area contributed by atoms with Gasteiger partial charge in [0, 0.05) is 23.8 Å². The van der Waals surface area contributed by atoms with Crippen LogP contribution in [0, 0.1) is 0 Å². The molecule has 134 valence electrons. The van der Waals surface area contributed by atoms with Gasteiger partial charge in [-0.2, -0.15) is 0 Å². The Bertz CT molecular complexity index is 668. The number of benzene rings is 1. The second-order valence-corrected chi connectivity index (χ2v) is 6.91. The highest BCUT2D eigenvalue weighted by Gasteiger charge is 2.35. The van der Waals surface area contributed by atoms with E-state index < -0.39 is 6.04 Å². The monoisotopic (exact) mass is 343 g/mol. The molecular formula is C19H25N3O3. The molecule has 25 heavy (non-hydrogen) atoms. The van der Waals surface area contributed by atoms with Gasteiger partial charge in [0.05, 0.1) is 0 Å². The molecule has 0 unspecified atom stereocenters. The zero-order valence-corrected chi connectivity index (χ0v) is 14.6. The zero-order valence-electron chi connectivity index (χ0n) is 14.6. The van der Waals surface area contributed by atoms with Crippen LogP contribution in [-0.2, 0) is 4.79 Å². The Hall–Kier alpha value is -2.37. The third kappa shape index (κ3) is 4.18. The van der Waals surface area contributed by atoms with Gasteiger partial charge in [0.1, 0.15) is 6.04 Å². The molecule has 1 aliphatic carbocycles. The van der Waals surface area contributed by atoms with Crippen molar-refractivity contribution in [1.82, 2.24) is 10.2 Å². The van der Waals surface area contributed by atoms with Gasteiger partial charge in [-0.1, -0.05) is 25.0 Å². The summed E-state index contributed by atoms with van der Waals surface area (Å²) >= 11 is 0. The first kappa shape index (κ1) is 17.5. The van der Waals surface area contributed by atoms with Gasteiger partial charge >= 0.3 is 6.03 Å². The largest absolute Gasteiger partial charge is 0.352 e. The number of ketones is 1. The lowest BCUT2D eigenvalue weighted by Gasteiger charge is -2.25. The topological polar surface area (TPSA) is 78.5 Å². The summed E-state index contributed by atoms with van der Waals surface area (Å²) in [5.41, 5.74) is 1.12. The molecule has 1 atom stereocenters. The number of carbonyl (C=O) groups is 3. The van der Waals surface area contributed by atoms with Crippen molar-refractivity contribution in [2.24, 2.45) is 0 Å². The van der Waals surface area contributed by atoms with Crippen molar-refractivity contribution in [1.29, 1.82) is 0 Å². The summed E-state index contributed by atoms with van der Waals surface area (Å²) in [7, 11) is 0. The van der Waals surface area contributed by atoms with Crippen LogP contribution in [0.5, 0.6) is 0 Å². The molecule has 0 radical (unpaired) electrons. The first-order valence-corrected chi connectivity index (χ1v) is 9.03. The van der Waals surface area contributed by atoms with E-state index in [1.165, 1.54) is 6.92 Å². The molecule has 0 bridgehead atoms. The maximum absolute atomic E-state index is 12.6. The third-order valence-corrected chi connectivity index (χ3v) is 5.04. The number of urea groups is 1. The molecule has 0 spiro atoms. The lowest BCUT2D eigenvalue weighted by atomic mass is 10.1. The summed E-state index contributed by atoms with van der Waals surface area (Å²) < 4.78 is 0. The Morgan fingerprint density at radius 1 is 1.08 bits per heavy atom. The number of nitrogens with one attached hydrogen (secondary N) is 2. The predicted octanol–water partition coefficient (Wildman–Crippen LogP) is 2.94. The van der Waals surface area contributed by atoms with Crippen LogP contribution in [-0.4, -0.2) is 41.2 Å². The quantitative estimate of drug-likeness (QED) is 0.825. The van der Waals surface area contributed by atoms with Crippen LogP contribution in [0.4, 0.5) is 10.5 Å². The number of nitrogens with zero attached hydrogens (tertiary/aromatic N) is 1. The van der Waals surface area contributed by atoms with Gasteiger partial charge in [-0.25, -0.2) is 4.79 Å². The van der Waals surface area contributed by atoms with Crippen LogP contribution in [0.15, 0.2) is 24.3 Å². The average Bonchev–Trinajstić information content (AvgIpc) is 3.26. The molecule has 1 saturated carbocycles. The Balaban J connectivity index is 1.63. The minimum absolute atomic E-state index is 0.0444. The maximum atomic E-state index is 12.6. The summed E-state index contributed by atoms with van der Waals surface area (Å²) in [4.78, 5) is 38.2. The SMILES string of the molecule is CC(=O)c1cccc(NC(=O)N2CCC[C@H]2C(=O)NC2CCCC2)c1. The molecule has 0 aromatic heterocycles. The standard InChI is InChI=1S/C19H25N3O3/c1-13(23)14-6-4-9-16(12-14)21-19(25)22-11-5-10-17(22)18(24)20-15-7-2-3-8-15/h4,6,9,12,15,17H,2-3,5,7-8,10-11H2,1H3,(H,20,24)(H,21,25)/t17-/m0/s1. The van der Waals surface area contributed by atoms with E-state index in [0.717, 1.165) is 32.1 Å². The molecule has 1 aliphatic heterocycles. The van der Waals surface area contributed by atoms with Crippen molar-refractivity contribution in [2.75, 3.05) is 11.9 Å². The first-order chi connectivity index (χ1) is 12.0. The van der Waals surface area contributed by atoms with E-state index >= 15 is 0 Å². The highest BCUT2D eigenvalue weighted by molar-refractivity contribution is 5.97. The highest BCUT2D eigenvalue weighted by Crippen LogP contribution is 2.22. The molecule has 6 nitrogen and oxygen atoms in total. The molecule has 1 heterocycles. The fraction of sp³-hybridized carbons (Fsp3) is 0.526. The van der Waals surface area contributed by atoms with Crippen molar-refractivity contribution in [3.05, 3.63) is 29.8 Å². The predicted molar refractivity (Wildman–Crippen MR) is 95.6 cm³/mol. The van der Waals surface area contributed by atoms with Gasteiger partial charge in [0.25, 0.3) is 0 Å². The Morgan fingerprint density at radius 2 is 1.84 bits per heavy atom. The molecule has 2 fully saturated rings. The van der Waals surface area contributed by atoms with Crippen molar-refractivity contribution in [3.8, 4) is 0 Å². The third-order valence-electron chi connectivity index (χ3n) is 5.04. The lowest BCUT2D eigenvalue weighted by molar-refractivity contribution is -0.125. The smallest absolute Gasteiger partial charge is 0.322 e. The number of hydrogen-bond acceptors (Lipinski definition) is 3. The molecule has 1 aromatic rings. The highest BCUT2D eigenvalue weighted by atomic mass is 16.2. The zero-order chi connectivity index (χ0) is 17.8. The summed E-state index contributed by atoms with van der Waals surface area (Å²) in [6.45, 7) is 2.06. The number of Topliss-reactive ketones (excluding diaryl/α,β-unsaturated/α-hetero) is 1. The van der Waals surface area contributed by atoms with Crippen molar-refractivity contribution in [2.45, 2.75) is 57.5 Å². The number of likely N-dealkylation sites (tertiary alicyclic amines) is 1. The summed E-state index contributed by atoms with van der Waals surface area (Å²) in [6.07, 6.45) is 5.90. The fourth-order valence-corrected chi connectivity index (χ4v) is 3.66. The molecule has 3 rings (SSSR count). The molecule has 1 saturated heterocycles. The van der Waals surface area contributed by atoms with E-state index in [0.29, 0.717) is 24.2 Å². The van der Waals surface area contributed by atoms with Crippen LogP contribution in [0.25, 0.3) is 0 Å². The van der Waals surface area contributed by atoms with Gasteiger partial charge in [-0.15, -0.1) is 0 Å². The van der Waals surface area contributed by atoms with Gasteiger partial charge in [0.15, 0.2) is 5.78 Å². The number of amides is 3. The number of rotatable bonds is 4. The van der Waals surface area contributed by atoms with Gasteiger partial charge in [-0.3, -0.25) is 9.59 Å². The van der Waals surface area contributed by atoms with Crippen LogP contribution in [0.1, 0.15) is 55.8 Å². The van der Waals surface area contributed by atoms with Crippen LogP contribution in [0.3, 0.4) is 0 Å². The van der Waals surface area contributed by atoms with E-state index in [1.807, 2.05) is 0 Å². The minimum atomic E-state index is -0.406. The normalized spacial score (nSPS) is 20.5. The fourth-order valence-electron chi connectivity index (χ4n) is 3.66. The van der Waals surface area contributed by atoms with E-state index in [4.69, 9.17) is 0 Å². The first-order valence-electron chi connectivity index (χ1n) is 9.03. The Labute approximate surface area is 148 Å². The van der Waals surface area contributed by atoms with Crippen molar-refractivity contribution < 1.29 is 14.4 Å². The molecule has 1 aromatic carbocycles. The number of carbonyl (C=O) groups excluding carboxylic acids is 3. The van der Waals surface area contributed by atoms with Crippen molar-refractivity contribution in [3.63, 3.8) is 0 Å². The maximum Gasteiger partial charge on any atom is 0.322 e. The molecule has 3 amide bonds. The van der Waals surface area contributed by atoms with E-state index in [9.17, 15) is 14.4 Å². The van der Waals surface area contributed by atoms with Crippen LogP contribution in [0.2, 0.25) is 0 Å². The van der Waals surface area contributed by atoms with Gasteiger partial charge < -0.3 is 15.5 Å². The number of hydrogen-bond donors (Lipinski definition) is 2. The number of anilines is 1. The van der Waals surface area contributed by atoms with Gasteiger partial charge in [-0.05, 0) is 44.7 Å². The summed E-state index contributed by atoms with van der Waals surface area (Å²) in [5.74, 6) is -0.0943. The average molecular weight is 343 g/mol. The van der Waals surface area contributed by atoms with E-state index in [-0.39, 0.29) is 23.8 Å². The van der Waals surface area contributed by atoms with E-state index in [2.05, 4.69) is 10.6 Å². The van der Waals surface area contributed by atoms with E-state index in [1.54, 1.807) is 29.2 Å². The molecule has 2 aliphatic rings. The summed E-state index contributed by atoms with van der Waals surface area (Å²) in [6, 6.07) is 6.41. The Kier molecular flexibility index (Phi) is 5.36. The van der Waals surface area contributed by atoms with Gasteiger partial charge in [0.2, 0.25) is 5.91 Å². The molecule has 6 heteroatoms.